The molecule has 0 saturated carbocycles. The van der Waals surface area contributed by atoms with Gasteiger partial charge in [-0.1, -0.05) is 66.7 Å². The molecule has 1 atom stereocenters. The van der Waals surface area contributed by atoms with Crippen LogP contribution in [-0.4, -0.2) is 23.7 Å². The first-order valence-corrected chi connectivity index (χ1v) is 15.2. The van der Waals surface area contributed by atoms with Gasteiger partial charge in [-0.25, -0.2) is 0 Å². The van der Waals surface area contributed by atoms with E-state index in [0.29, 0.717) is 0 Å². The van der Waals surface area contributed by atoms with Crippen LogP contribution in [-0.2, 0) is 6.42 Å². The number of allylic oxidation sites excluding steroid dienone is 5. The summed E-state index contributed by atoms with van der Waals surface area (Å²) in [7, 11) is 0. The smallest absolute Gasteiger partial charge is 0.237 e. The Kier molecular flexibility index (Phi) is 4.86. The summed E-state index contributed by atoms with van der Waals surface area (Å²) in [6.45, 7) is 0. The van der Waals surface area contributed by atoms with Crippen molar-refractivity contribution in [3.05, 3.63) is 132 Å². The molecule has 0 fully saturated rings. The minimum atomic E-state index is 0.199. The first kappa shape index (κ1) is 23.9. The minimum absolute atomic E-state index is 0.199. The fraction of sp³-hybridized carbons (Fsp3) is 0.105. The first-order valence-electron chi connectivity index (χ1n) is 15.2. The molecule has 0 bridgehead atoms. The minimum Gasteiger partial charge on any atom is -0.456 e. The summed E-state index contributed by atoms with van der Waals surface area (Å²) in [6, 6.07) is 32.7. The Morgan fingerprint density at radius 2 is 1.52 bits per heavy atom. The summed E-state index contributed by atoms with van der Waals surface area (Å²) in [5.41, 5.74) is 10.6. The standard InChI is InChI=1S/C38H27N5O/c1-3-12-32-28(10-1)29-11-2-4-13-33(29)41(32)27-17-19-37-31(22-27)30-21-25(16-18-36(30)44-37)24-8-7-9-26(20-24)42-34-14-5-6-15-35(34)43-38(42)39-23-40-43/h1-6,8,10-21,23,27H,7,9,22H2. The monoisotopic (exact) mass is 569 g/mol. The van der Waals surface area contributed by atoms with Crippen LogP contribution in [0.5, 0.6) is 0 Å². The van der Waals surface area contributed by atoms with E-state index in [1.54, 1.807) is 6.33 Å². The van der Waals surface area contributed by atoms with E-state index in [4.69, 9.17) is 4.42 Å². The highest BCUT2D eigenvalue weighted by Gasteiger charge is 2.25. The van der Waals surface area contributed by atoms with Crippen LogP contribution in [0.3, 0.4) is 0 Å². The Bertz CT molecular complexity index is 2490. The number of aromatic nitrogens is 5. The summed E-state index contributed by atoms with van der Waals surface area (Å²) >= 11 is 0. The highest BCUT2D eigenvalue weighted by atomic mass is 16.3. The Morgan fingerprint density at radius 1 is 0.773 bits per heavy atom. The number of para-hydroxylation sites is 4. The number of imidazole rings is 1. The third-order valence-electron chi connectivity index (χ3n) is 9.44. The van der Waals surface area contributed by atoms with E-state index in [1.807, 2.05) is 4.52 Å². The van der Waals surface area contributed by atoms with Gasteiger partial charge in [0.15, 0.2) is 0 Å². The highest BCUT2D eigenvalue weighted by molar-refractivity contribution is 6.08. The maximum Gasteiger partial charge on any atom is 0.237 e. The van der Waals surface area contributed by atoms with Crippen molar-refractivity contribution in [3.8, 4) is 0 Å². The van der Waals surface area contributed by atoms with Gasteiger partial charge in [-0.05, 0) is 72.5 Å². The van der Waals surface area contributed by atoms with Crippen LogP contribution in [0.4, 0.5) is 0 Å². The van der Waals surface area contributed by atoms with Gasteiger partial charge in [-0.2, -0.15) is 14.6 Å². The third kappa shape index (κ3) is 3.31. The van der Waals surface area contributed by atoms with Crippen molar-refractivity contribution < 1.29 is 4.42 Å². The van der Waals surface area contributed by atoms with Gasteiger partial charge in [0, 0.05) is 44.9 Å². The number of benzene rings is 4. The number of furan rings is 1. The maximum absolute atomic E-state index is 6.39. The maximum atomic E-state index is 6.39. The molecule has 0 spiro atoms. The van der Waals surface area contributed by atoms with Gasteiger partial charge in [0.2, 0.25) is 5.78 Å². The zero-order valence-corrected chi connectivity index (χ0v) is 23.9. The Balaban J connectivity index is 1.07. The van der Waals surface area contributed by atoms with Crippen molar-refractivity contribution in [3.63, 3.8) is 0 Å². The molecule has 0 amide bonds. The van der Waals surface area contributed by atoms with E-state index in [-0.39, 0.29) is 6.04 Å². The van der Waals surface area contributed by atoms with Gasteiger partial charge in [0.1, 0.15) is 17.7 Å². The summed E-state index contributed by atoms with van der Waals surface area (Å²) in [4.78, 5) is 4.61. The fourth-order valence-electron chi connectivity index (χ4n) is 7.50. The largest absolute Gasteiger partial charge is 0.456 e. The van der Waals surface area contributed by atoms with Crippen molar-refractivity contribution in [1.82, 2.24) is 23.7 Å². The summed E-state index contributed by atoms with van der Waals surface area (Å²) < 4.78 is 13.1. The molecule has 2 aliphatic rings. The third-order valence-corrected chi connectivity index (χ3v) is 9.44. The number of fused-ring (bicyclic) bond motifs is 9. The molecule has 0 radical (unpaired) electrons. The van der Waals surface area contributed by atoms with Gasteiger partial charge in [-0.3, -0.25) is 4.57 Å². The Hall–Kier alpha value is -5.62. The van der Waals surface area contributed by atoms with Gasteiger partial charge in [0.05, 0.1) is 17.1 Å². The molecule has 6 nitrogen and oxygen atoms in total. The molecular weight excluding hydrogens is 542 g/mol. The predicted octanol–water partition coefficient (Wildman–Crippen LogP) is 9.07. The normalized spacial score (nSPS) is 16.8. The van der Waals surface area contributed by atoms with Gasteiger partial charge < -0.3 is 8.98 Å². The topological polar surface area (TPSA) is 53.2 Å². The molecule has 6 heteroatoms. The van der Waals surface area contributed by atoms with Crippen molar-refractivity contribution in [1.29, 1.82) is 0 Å². The first-order chi connectivity index (χ1) is 21.8. The van der Waals surface area contributed by atoms with Crippen LogP contribution in [0.1, 0.15) is 35.8 Å². The van der Waals surface area contributed by atoms with Gasteiger partial charge in [-0.15, -0.1) is 0 Å². The van der Waals surface area contributed by atoms with E-state index in [1.165, 1.54) is 49.6 Å². The van der Waals surface area contributed by atoms with Gasteiger partial charge >= 0.3 is 0 Å². The van der Waals surface area contributed by atoms with Crippen LogP contribution in [0.25, 0.3) is 66.9 Å². The summed E-state index contributed by atoms with van der Waals surface area (Å²) in [6.07, 6.45) is 13.6. The second-order valence-electron chi connectivity index (χ2n) is 11.8. The van der Waals surface area contributed by atoms with Crippen molar-refractivity contribution in [2.75, 3.05) is 0 Å². The molecule has 4 aromatic heterocycles. The summed E-state index contributed by atoms with van der Waals surface area (Å²) in [5.74, 6) is 1.82. The lowest BCUT2D eigenvalue weighted by atomic mass is 9.93. The Labute approximate surface area is 252 Å². The van der Waals surface area contributed by atoms with Crippen LogP contribution in [0, 0.1) is 0 Å². The zero-order valence-electron chi connectivity index (χ0n) is 23.9. The lowest BCUT2D eigenvalue weighted by Crippen LogP contribution is -2.12. The lowest BCUT2D eigenvalue weighted by Gasteiger charge is -2.21. The van der Waals surface area contributed by atoms with E-state index in [0.717, 1.165) is 47.4 Å². The van der Waals surface area contributed by atoms with Crippen molar-refractivity contribution in [2.45, 2.75) is 25.3 Å². The quantitative estimate of drug-likeness (QED) is 0.213. The molecule has 8 aromatic rings. The van der Waals surface area contributed by atoms with E-state index in [2.05, 4.69) is 135 Å². The summed E-state index contributed by atoms with van der Waals surface area (Å²) in [5, 5.41) is 8.28. The second kappa shape index (κ2) is 8.94. The van der Waals surface area contributed by atoms with E-state index in [9.17, 15) is 0 Å². The van der Waals surface area contributed by atoms with Crippen LogP contribution in [0.15, 0.2) is 120 Å². The zero-order chi connectivity index (χ0) is 28.8. The molecule has 0 N–H and O–H groups in total. The molecule has 0 saturated heterocycles. The molecule has 1 unspecified atom stereocenters. The SMILES string of the molecule is C1=CC(n2c3ccccc3c3ccccc32)Cc2c1oc1ccc(C3=CCCC(n4c5ccccc5n5ncnc45)=C3)cc21. The van der Waals surface area contributed by atoms with Crippen molar-refractivity contribution >= 4 is 66.9 Å². The number of hydrogen-bond donors (Lipinski definition) is 0. The van der Waals surface area contributed by atoms with Crippen LogP contribution in [0.2, 0.25) is 0 Å². The van der Waals surface area contributed by atoms with E-state index < -0.39 is 0 Å². The molecule has 210 valence electrons. The molecule has 4 heterocycles. The second-order valence-corrected chi connectivity index (χ2v) is 11.8. The number of rotatable bonds is 3. The van der Waals surface area contributed by atoms with Crippen molar-refractivity contribution in [2.24, 2.45) is 0 Å². The Morgan fingerprint density at radius 3 is 2.34 bits per heavy atom. The van der Waals surface area contributed by atoms with Gasteiger partial charge in [0.25, 0.3) is 0 Å². The predicted molar refractivity (Wildman–Crippen MR) is 177 cm³/mol. The molecular formula is C38H27N5O. The molecule has 2 aliphatic carbocycles. The average molecular weight is 570 g/mol. The highest BCUT2D eigenvalue weighted by Crippen LogP contribution is 2.40. The number of hydrogen-bond acceptors (Lipinski definition) is 3. The molecule has 0 aliphatic heterocycles. The number of nitrogens with zero attached hydrogens (tertiary/aromatic N) is 5. The molecule has 44 heavy (non-hydrogen) atoms. The average Bonchev–Trinajstić information content (AvgIpc) is 3.84. The fourth-order valence-corrected chi connectivity index (χ4v) is 7.50. The lowest BCUT2D eigenvalue weighted by molar-refractivity contribution is 0.572. The van der Waals surface area contributed by atoms with Crippen LogP contribution >= 0.6 is 0 Å². The van der Waals surface area contributed by atoms with E-state index >= 15 is 0 Å². The molecule has 4 aromatic carbocycles. The van der Waals surface area contributed by atoms with Crippen LogP contribution < -0.4 is 0 Å². The molecule has 10 rings (SSSR count).